The highest BCUT2D eigenvalue weighted by Crippen LogP contribution is 2.25. The van der Waals surface area contributed by atoms with E-state index in [-0.39, 0.29) is 29.8 Å². The summed E-state index contributed by atoms with van der Waals surface area (Å²) < 4.78 is 34.8. The zero-order chi connectivity index (χ0) is 31.4. The molecule has 0 aliphatic carbocycles. The maximum Gasteiger partial charge on any atom is 0.336 e. The number of pyridine rings is 2. The summed E-state index contributed by atoms with van der Waals surface area (Å²) in [5.74, 6) is -0.674. The van der Waals surface area contributed by atoms with Crippen LogP contribution in [0.1, 0.15) is 20.7 Å². The molecule has 2 aromatic heterocycles. The van der Waals surface area contributed by atoms with Crippen molar-refractivity contribution in [2.75, 3.05) is 40.6 Å². The second kappa shape index (κ2) is 13.3. The first-order valence-electron chi connectivity index (χ1n) is 13.6. The summed E-state index contributed by atoms with van der Waals surface area (Å²) >= 11 is 0. The van der Waals surface area contributed by atoms with Gasteiger partial charge in [0.15, 0.2) is 12.6 Å². The number of methoxy groups -OCH3 is 2. The molecule has 2 aliphatic heterocycles. The minimum absolute atomic E-state index is 0.0350. The number of carboxylic acid groups (broad SMARTS) is 1. The van der Waals surface area contributed by atoms with Gasteiger partial charge in [0.2, 0.25) is 5.91 Å². The van der Waals surface area contributed by atoms with E-state index in [9.17, 15) is 24.3 Å². The summed E-state index contributed by atoms with van der Waals surface area (Å²) in [6, 6.07) is 12.4. The van der Waals surface area contributed by atoms with Crippen LogP contribution in [0.4, 0.5) is 0 Å². The first-order chi connectivity index (χ1) is 21.2. The Bertz CT molecular complexity index is 1690. The zero-order valence-electron chi connectivity index (χ0n) is 24.0. The Morgan fingerprint density at radius 2 is 1.16 bits per heavy atom. The number of nitrogens with two attached hydrogens (primary N) is 1. The molecule has 0 radical (unpaired) electrons. The minimum Gasteiger partial charge on any atom is -0.497 e. The highest BCUT2D eigenvalue weighted by atomic mass is 16.7. The summed E-state index contributed by atoms with van der Waals surface area (Å²) in [4.78, 5) is 47.6. The molecule has 2 saturated heterocycles. The lowest BCUT2D eigenvalue weighted by Gasteiger charge is -2.16. The fraction of sp³-hybridized carbons (Fsp3) is 0.333. The van der Waals surface area contributed by atoms with Crippen LogP contribution in [0.2, 0.25) is 0 Å². The lowest BCUT2D eigenvalue weighted by molar-refractivity contribution is -0.0525. The van der Waals surface area contributed by atoms with Crippen molar-refractivity contribution in [3.05, 3.63) is 80.4 Å². The number of carbonyl (C=O) groups is 2. The van der Waals surface area contributed by atoms with E-state index in [2.05, 4.69) is 0 Å². The van der Waals surface area contributed by atoms with Crippen LogP contribution in [0, 0.1) is 0 Å². The van der Waals surface area contributed by atoms with Crippen molar-refractivity contribution in [1.82, 2.24) is 9.13 Å². The van der Waals surface area contributed by atoms with E-state index in [0.717, 1.165) is 6.07 Å². The topological polar surface area (TPSA) is 180 Å². The van der Waals surface area contributed by atoms with Crippen LogP contribution in [-0.4, -0.2) is 79.3 Å². The highest BCUT2D eigenvalue weighted by molar-refractivity contribution is 6.05. The van der Waals surface area contributed by atoms with E-state index >= 15 is 0 Å². The Labute approximate surface area is 250 Å². The molecule has 1 amide bonds. The van der Waals surface area contributed by atoms with Crippen LogP contribution in [0.5, 0.6) is 11.5 Å². The molecule has 4 heterocycles. The maximum absolute atomic E-state index is 12.3. The second-order valence-corrected chi connectivity index (χ2v) is 9.79. The van der Waals surface area contributed by atoms with Gasteiger partial charge < -0.3 is 48.4 Å². The van der Waals surface area contributed by atoms with Crippen LogP contribution in [0.3, 0.4) is 0 Å². The number of benzene rings is 2. The second-order valence-electron chi connectivity index (χ2n) is 9.79. The minimum atomic E-state index is -1.15. The van der Waals surface area contributed by atoms with Crippen molar-refractivity contribution >= 4 is 33.7 Å². The van der Waals surface area contributed by atoms with Gasteiger partial charge in [0.05, 0.1) is 75.9 Å². The third-order valence-corrected chi connectivity index (χ3v) is 7.18. The highest BCUT2D eigenvalue weighted by Gasteiger charge is 2.22. The molecular formula is C30H31N3O11. The summed E-state index contributed by atoms with van der Waals surface area (Å²) in [6.07, 6.45) is -0.991. The van der Waals surface area contributed by atoms with Gasteiger partial charge in [-0.05, 0) is 24.3 Å². The Balaban J connectivity index is 0.000000175. The number of hydrogen-bond donors (Lipinski definition) is 2. The number of fused-ring (bicyclic) bond motifs is 2. The fourth-order valence-electron chi connectivity index (χ4n) is 5.06. The molecule has 232 valence electrons. The lowest BCUT2D eigenvalue weighted by Crippen LogP contribution is -2.29. The molecule has 0 atom stereocenters. The number of ether oxygens (including phenoxy) is 6. The van der Waals surface area contributed by atoms with Gasteiger partial charge in [0, 0.05) is 35.0 Å². The molecule has 14 nitrogen and oxygen atoms in total. The Hall–Kier alpha value is -4.76. The van der Waals surface area contributed by atoms with Crippen molar-refractivity contribution in [2.45, 2.75) is 25.7 Å². The third kappa shape index (κ3) is 6.43. The van der Waals surface area contributed by atoms with Crippen molar-refractivity contribution in [2.24, 2.45) is 5.73 Å². The number of aromatic carboxylic acids is 1. The molecule has 14 heteroatoms. The van der Waals surface area contributed by atoms with Gasteiger partial charge in [-0.25, -0.2) is 4.79 Å². The summed E-state index contributed by atoms with van der Waals surface area (Å²) in [6.45, 7) is 2.39. The van der Waals surface area contributed by atoms with Gasteiger partial charge in [-0.1, -0.05) is 0 Å². The number of carbonyl (C=O) groups excluding carboxylic acids is 1. The number of primary amides is 1. The predicted molar refractivity (Wildman–Crippen MR) is 156 cm³/mol. The van der Waals surface area contributed by atoms with Crippen LogP contribution in [-0.2, 0) is 32.0 Å². The number of amides is 1. The Morgan fingerprint density at radius 3 is 1.55 bits per heavy atom. The molecule has 2 aromatic carbocycles. The van der Waals surface area contributed by atoms with E-state index in [1.54, 1.807) is 36.4 Å². The Morgan fingerprint density at radius 1 is 0.750 bits per heavy atom. The Kier molecular flexibility index (Phi) is 9.25. The lowest BCUT2D eigenvalue weighted by atomic mass is 10.1. The fourth-order valence-corrected chi connectivity index (χ4v) is 5.06. The van der Waals surface area contributed by atoms with E-state index in [4.69, 9.17) is 34.2 Å². The molecule has 0 spiro atoms. The third-order valence-electron chi connectivity index (χ3n) is 7.18. The van der Waals surface area contributed by atoms with E-state index < -0.39 is 30.0 Å². The van der Waals surface area contributed by atoms with Gasteiger partial charge in [-0.2, -0.15) is 0 Å². The van der Waals surface area contributed by atoms with Crippen molar-refractivity contribution in [3.63, 3.8) is 0 Å². The summed E-state index contributed by atoms with van der Waals surface area (Å²) in [5.41, 5.74) is 5.79. The van der Waals surface area contributed by atoms with E-state index in [1.807, 2.05) is 0 Å². The monoisotopic (exact) mass is 609 g/mol. The van der Waals surface area contributed by atoms with Gasteiger partial charge in [0.25, 0.3) is 11.1 Å². The van der Waals surface area contributed by atoms with Crippen LogP contribution in [0.15, 0.2) is 58.1 Å². The van der Waals surface area contributed by atoms with Crippen molar-refractivity contribution in [1.29, 1.82) is 0 Å². The number of nitrogens with zero attached hydrogens (tertiary/aromatic N) is 2. The standard InChI is InChI=1S/C15H16N2O5.C15H15NO6/c1-20-9-2-3-10-11(15(16)19)7-13(18)17(12(10)6-9)8-14-21-4-5-22-14;1-20-9-2-3-10-11(15(18)19)7-13(17)16(12(10)6-9)8-14-21-4-5-22-14/h2-3,6-7,14H,4-5,8H2,1H3,(H2,16,19);2-3,6-7,14H,4-5,8H2,1H3,(H,18,19). The van der Waals surface area contributed by atoms with E-state index in [0.29, 0.717) is 59.7 Å². The zero-order valence-corrected chi connectivity index (χ0v) is 24.0. The first-order valence-corrected chi connectivity index (χ1v) is 13.6. The molecule has 44 heavy (non-hydrogen) atoms. The number of aromatic nitrogens is 2. The molecule has 4 aromatic rings. The van der Waals surface area contributed by atoms with Crippen LogP contribution in [0.25, 0.3) is 21.8 Å². The molecule has 2 aliphatic rings. The van der Waals surface area contributed by atoms with Crippen LogP contribution < -0.4 is 26.3 Å². The van der Waals surface area contributed by atoms with Gasteiger partial charge in [0.1, 0.15) is 11.5 Å². The molecule has 6 rings (SSSR count). The number of rotatable bonds is 8. The molecule has 0 bridgehead atoms. The molecule has 0 unspecified atom stereocenters. The summed E-state index contributed by atoms with van der Waals surface area (Å²) in [7, 11) is 3.04. The first kappa shape index (κ1) is 30.7. The number of hydrogen-bond acceptors (Lipinski definition) is 10. The molecule has 0 saturated carbocycles. The normalized spacial score (nSPS) is 15.3. The molecule has 2 fully saturated rings. The molecule has 3 N–H and O–H groups in total. The predicted octanol–water partition coefficient (Wildman–Crippen LogP) is 1.56. The van der Waals surface area contributed by atoms with Crippen LogP contribution >= 0.6 is 0 Å². The van der Waals surface area contributed by atoms with Crippen molar-refractivity contribution < 1.29 is 43.1 Å². The van der Waals surface area contributed by atoms with Gasteiger partial charge >= 0.3 is 5.97 Å². The SMILES string of the molecule is COc1ccc2c(C(=O)O)cc(=O)n(CC3OCCO3)c2c1.COc1ccc2c(C(N)=O)cc(=O)n(CC3OCCO3)c2c1. The van der Waals surface area contributed by atoms with Gasteiger partial charge in [-0.15, -0.1) is 0 Å². The average Bonchev–Trinajstić information content (AvgIpc) is 3.74. The number of carboxylic acids is 1. The summed E-state index contributed by atoms with van der Waals surface area (Å²) in [5, 5.41) is 10.3. The van der Waals surface area contributed by atoms with Gasteiger partial charge in [-0.3, -0.25) is 14.4 Å². The van der Waals surface area contributed by atoms with Crippen molar-refractivity contribution in [3.8, 4) is 11.5 Å². The van der Waals surface area contributed by atoms with E-state index in [1.165, 1.54) is 29.4 Å². The largest absolute Gasteiger partial charge is 0.497 e. The maximum atomic E-state index is 12.3. The quantitative estimate of drug-likeness (QED) is 0.296. The average molecular weight is 610 g/mol. The smallest absolute Gasteiger partial charge is 0.336 e. The molecular weight excluding hydrogens is 578 g/mol.